The molecule has 220 valence electrons. The predicted octanol–water partition coefficient (Wildman–Crippen LogP) is 3.69. The number of nitrogens with zero attached hydrogens (tertiary/aromatic N) is 1. The monoisotopic (exact) mass is 562 g/mol. The van der Waals surface area contributed by atoms with Crippen LogP contribution in [-0.2, 0) is 16.1 Å². The number of hydrogen-bond donors (Lipinski definition) is 5. The van der Waals surface area contributed by atoms with Crippen LogP contribution in [0.3, 0.4) is 0 Å². The number of benzene rings is 2. The first-order valence-electron chi connectivity index (χ1n) is 13.2. The van der Waals surface area contributed by atoms with E-state index in [2.05, 4.69) is 21.3 Å². The smallest absolute Gasteiger partial charge is 0.411 e. The second-order valence-electron chi connectivity index (χ2n) is 9.04. The Hall–Kier alpha value is -3.81. The summed E-state index contributed by atoms with van der Waals surface area (Å²) in [5, 5.41) is 23.4. The van der Waals surface area contributed by atoms with Gasteiger partial charge in [0.2, 0.25) is 0 Å². The van der Waals surface area contributed by atoms with Crippen LogP contribution in [0.25, 0.3) is 0 Å². The van der Waals surface area contributed by atoms with Gasteiger partial charge >= 0.3 is 12.1 Å². The van der Waals surface area contributed by atoms with Crippen LogP contribution < -0.4 is 27.0 Å². The van der Waals surface area contributed by atoms with Crippen molar-refractivity contribution in [3.8, 4) is 0 Å². The third-order valence-corrected chi connectivity index (χ3v) is 5.97. The molecule has 13 heteroatoms. The average Bonchev–Trinajstić information content (AvgIpc) is 2.93. The third kappa shape index (κ3) is 10.8. The Bertz CT molecular complexity index is 1130. The van der Waals surface area contributed by atoms with Gasteiger partial charge in [0.05, 0.1) is 34.5 Å². The summed E-state index contributed by atoms with van der Waals surface area (Å²) < 4.78 is 24.6. The molecule has 0 aromatic heterocycles. The number of unbranched alkanes of at least 4 members (excludes halogenated alkanes) is 1. The molecule has 0 fully saturated rings. The SMILES string of the molecule is COC(=O)c1cc(F)c(NCCCNCCCCNCCCN)cc1NC(=O)OCc1cccc(C)c1[N+](=O)[O-]. The Morgan fingerprint density at radius 3 is 2.33 bits per heavy atom. The fourth-order valence-electron chi connectivity index (χ4n) is 3.89. The van der Waals surface area contributed by atoms with Crippen LogP contribution >= 0.6 is 0 Å². The van der Waals surface area contributed by atoms with Gasteiger partial charge in [-0.25, -0.2) is 14.0 Å². The highest BCUT2D eigenvalue weighted by Crippen LogP contribution is 2.27. The number of rotatable bonds is 18. The number of hydrogen-bond acceptors (Lipinski definition) is 10. The van der Waals surface area contributed by atoms with Crippen molar-refractivity contribution < 1.29 is 28.4 Å². The Morgan fingerprint density at radius 1 is 1.00 bits per heavy atom. The average molecular weight is 563 g/mol. The molecule has 12 nitrogen and oxygen atoms in total. The molecule has 2 aromatic carbocycles. The number of halogens is 1. The number of carbonyl (C=O) groups is 2. The first kappa shape index (κ1) is 32.4. The quantitative estimate of drug-likeness (QED) is 0.0781. The number of nitro benzene ring substituents is 1. The van der Waals surface area contributed by atoms with Gasteiger partial charge in [-0.2, -0.15) is 0 Å². The Morgan fingerprint density at radius 2 is 1.68 bits per heavy atom. The number of ether oxygens (including phenoxy) is 2. The number of carbonyl (C=O) groups excluding carboxylic acids is 2. The lowest BCUT2D eigenvalue weighted by Crippen LogP contribution is -2.22. The van der Waals surface area contributed by atoms with E-state index in [4.69, 9.17) is 15.2 Å². The first-order valence-corrected chi connectivity index (χ1v) is 13.2. The Labute approximate surface area is 233 Å². The van der Waals surface area contributed by atoms with Crippen LogP contribution in [0.4, 0.5) is 26.2 Å². The van der Waals surface area contributed by atoms with E-state index in [1.165, 1.54) is 12.1 Å². The zero-order chi connectivity index (χ0) is 29.3. The molecule has 6 N–H and O–H groups in total. The molecular formula is C27H39FN6O6. The van der Waals surface area contributed by atoms with Crippen molar-refractivity contribution in [3.63, 3.8) is 0 Å². The van der Waals surface area contributed by atoms with Crippen LogP contribution in [0, 0.1) is 22.9 Å². The van der Waals surface area contributed by atoms with E-state index >= 15 is 0 Å². The number of nitrogens with one attached hydrogen (secondary N) is 4. The molecule has 0 saturated heterocycles. The van der Waals surface area contributed by atoms with E-state index in [0.29, 0.717) is 25.1 Å². The molecule has 0 bridgehead atoms. The number of methoxy groups -OCH3 is 1. The van der Waals surface area contributed by atoms with Crippen LogP contribution in [0.5, 0.6) is 0 Å². The molecule has 0 aliphatic rings. The highest BCUT2D eigenvalue weighted by molar-refractivity contribution is 6.00. The summed E-state index contributed by atoms with van der Waals surface area (Å²) in [7, 11) is 1.14. The second-order valence-corrected chi connectivity index (χ2v) is 9.04. The number of esters is 1. The maximum atomic E-state index is 14.7. The van der Waals surface area contributed by atoms with Gasteiger partial charge in [-0.05, 0) is 83.5 Å². The first-order chi connectivity index (χ1) is 19.3. The van der Waals surface area contributed by atoms with Gasteiger partial charge in [0.25, 0.3) is 5.69 Å². The summed E-state index contributed by atoms with van der Waals surface area (Å²) in [6.07, 6.45) is 2.81. The Balaban J connectivity index is 1.90. The van der Waals surface area contributed by atoms with E-state index in [1.807, 2.05) is 0 Å². The van der Waals surface area contributed by atoms with Crippen LogP contribution in [0.2, 0.25) is 0 Å². The van der Waals surface area contributed by atoms with Crippen LogP contribution in [0.15, 0.2) is 30.3 Å². The van der Waals surface area contributed by atoms with Crippen molar-refractivity contribution in [2.75, 3.05) is 57.0 Å². The molecule has 2 rings (SSSR count). The summed E-state index contributed by atoms with van der Waals surface area (Å²) >= 11 is 0. The molecule has 0 radical (unpaired) electrons. The minimum absolute atomic E-state index is 0.0299. The number of nitrogens with two attached hydrogens (primary N) is 1. The van der Waals surface area contributed by atoms with Gasteiger partial charge in [-0.3, -0.25) is 15.4 Å². The van der Waals surface area contributed by atoms with Gasteiger partial charge in [0.1, 0.15) is 12.4 Å². The predicted molar refractivity (Wildman–Crippen MR) is 151 cm³/mol. The van der Waals surface area contributed by atoms with E-state index in [1.54, 1.807) is 19.1 Å². The van der Waals surface area contributed by atoms with Crippen molar-refractivity contribution >= 4 is 29.1 Å². The van der Waals surface area contributed by atoms with E-state index in [9.17, 15) is 24.1 Å². The van der Waals surface area contributed by atoms with Crippen molar-refractivity contribution in [3.05, 3.63) is 63.0 Å². The maximum absolute atomic E-state index is 14.7. The third-order valence-electron chi connectivity index (χ3n) is 5.97. The molecule has 1 amide bonds. The number of nitro groups is 1. The molecule has 0 atom stereocenters. The summed E-state index contributed by atoms with van der Waals surface area (Å²) in [6, 6.07) is 6.93. The summed E-state index contributed by atoms with van der Waals surface area (Å²) in [6.45, 7) is 5.85. The maximum Gasteiger partial charge on any atom is 0.411 e. The van der Waals surface area contributed by atoms with Gasteiger partial charge in [-0.15, -0.1) is 0 Å². The summed E-state index contributed by atoms with van der Waals surface area (Å²) in [5.74, 6) is -1.54. The standard InChI is InChI=1S/C27H39FN6O6/c1-19-8-5-9-20(25(19)34(37)38)18-40-27(36)33-23-17-24(22(28)16-21(23)26(35)39-2)32-15-7-14-31-12-4-3-11-30-13-6-10-29/h5,8-9,16-17,30-32H,3-4,6-7,10-15,18,29H2,1-2H3,(H,33,36). The topological polar surface area (TPSA) is 170 Å². The van der Waals surface area contributed by atoms with E-state index in [-0.39, 0.29) is 34.8 Å². The lowest BCUT2D eigenvalue weighted by Gasteiger charge is -2.15. The molecule has 0 unspecified atom stereocenters. The summed E-state index contributed by atoms with van der Waals surface area (Å²) in [4.78, 5) is 35.5. The summed E-state index contributed by atoms with van der Waals surface area (Å²) in [5.41, 5.74) is 5.79. The number of anilines is 2. The van der Waals surface area contributed by atoms with Crippen molar-refractivity contribution in [1.82, 2.24) is 10.6 Å². The minimum Gasteiger partial charge on any atom is -0.465 e. The molecule has 40 heavy (non-hydrogen) atoms. The number of para-hydroxylation sites is 1. The van der Waals surface area contributed by atoms with E-state index < -0.39 is 22.8 Å². The largest absolute Gasteiger partial charge is 0.465 e. The molecule has 0 aliphatic carbocycles. The molecule has 0 spiro atoms. The number of aryl methyl sites for hydroxylation is 1. The number of amides is 1. The highest BCUT2D eigenvalue weighted by Gasteiger charge is 2.21. The normalized spacial score (nSPS) is 10.7. The van der Waals surface area contributed by atoms with Crippen LogP contribution in [0.1, 0.15) is 47.2 Å². The van der Waals surface area contributed by atoms with Crippen molar-refractivity contribution in [2.45, 2.75) is 39.2 Å². The van der Waals surface area contributed by atoms with E-state index in [0.717, 1.165) is 58.6 Å². The lowest BCUT2D eigenvalue weighted by molar-refractivity contribution is -0.386. The molecular weight excluding hydrogens is 523 g/mol. The van der Waals surface area contributed by atoms with Gasteiger partial charge in [-0.1, -0.05) is 12.1 Å². The zero-order valence-corrected chi connectivity index (χ0v) is 23.0. The zero-order valence-electron chi connectivity index (χ0n) is 23.0. The second kappa shape index (κ2) is 17.7. The Kier molecular flexibility index (Phi) is 14.3. The van der Waals surface area contributed by atoms with Crippen molar-refractivity contribution in [2.24, 2.45) is 5.73 Å². The van der Waals surface area contributed by atoms with Crippen molar-refractivity contribution in [1.29, 1.82) is 0 Å². The molecule has 2 aromatic rings. The fraction of sp³-hybridized carbons (Fsp3) is 0.481. The molecule has 0 aliphatic heterocycles. The fourth-order valence-corrected chi connectivity index (χ4v) is 3.89. The van der Waals surface area contributed by atoms with Gasteiger partial charge in [0.15, 0.2) is 0 Å². The van der Waals surface area contributed by atoms with Gasteiger partial charge in [0, 0.05) is 12.1 Å². The molecule has 0 saturated carbocycles. The lowest BCUT2D eigenvalue weighted by atomic mass is 10.1. The molecule has 0 heterocycles. The van der Waals surface area contributed by atoms with Gasteiger partial charge < -0.3 is 31.2 Å². The highest BCUT2D eigenvalue weighted by atomic mass is 19.1. The minimum atomic E-state index is -0.975. The van der Waals surface area contributed by atoms with Crippen LogP contribution in [-0.4, -0.2) is 63.4 Å².